The van der Waals surface area contributed by atoms with Crippen LogP contribution in [-0.2, 0) is 13.0 Å². The SMILES string of the molecule is CCNc1ccc(CN2CCC(CCc3ccccc3)(CNC)CC2)cc1. The van der Waals surface area contributed by atoms with Crippen LogP contribution in [0.2, 0.25) is 0 Å². The van der Waals surface area contributed by atoms with Crippen molar-refractivity contribution in [3.63, 3.8) is 0 Å². The largest absolute Gasteiger partial charge is 0.385 e. The molecule has 0 aromatic heterocycles. The summed E-state index contributed by atoms with van der Waals surface area (Å²) in [7, 11) is 2.10. The first-order valence-electron chi connectivity index (χ1n) is 10.5. The molecule has 146 valence electrons. The first-order chi connectivity index (χ1) is 13.2. The Morgan fingerprint density at radius 1 is 0.926 bits per heavy atom. The average Bonchev–Trinajstić information content (AvgIpc) is 2.71. The molecule has 1 heterocycles. The number of benzene rings is 2. The molecule has 27 heavy (non-hydrogen) atoms. The van der Waals surface area contributed by atoms with Gasteiger partial charge in [-0.25, -0.2) is 0 Å². The van der Waals surface area contributed by atoms with E-state index in [0.717, 1.165) is 19.6 Å². The molecule has 2 aromatic rings. The van der Waals surface area contributed by atoms with Gasteiger partial charge >= 0.3 is 0 Å². The Bertz CT molecular complexity index is 658. The molecule has 1 aliphatic rings. The molecule has 0 saturated carbocycles. The van der Waals surface area contributed by atoms with Crippen LogP contribution in [0.5, 0.6) is 0 Å². The van der Waals surface area contributed by atoms with Crippen molar-refractivity contribution in [1.29, 1.82) is 0 Å². The van der Waals surface area contributed by atoms with E-state index in [2.05, 4.69) is 84.1 Å². The predicted molar refractivity (Wildman–Crippen MR) is 116 cm³/mol. The van der Waals surface area contributed by atoms with E-state index >= 15 is 0 Å². The van der Waals surface area contributed by atoms with Crippen molar-refractivity contribution >= 4 is 5.69 Å². The van der Waals surface area contributed by atoms with Crippen molar-refractivity contribution < 1.29 is 0 Å². The maximum absolute atomic E-state index is 3.47. The maximum atomic E-state index is 3.47. The summed E-state index contributed by atoms with van der Waals surface area (Å²) in [5.74, 6) is 0. The molecule has 0 spiro atoms. The Balaban J connectivity index is 1.52. The lowest BCUT2D eigenvalue weighted by Crippen LogP contribution is -2.44. The van der Waals surface area contributed by atoms with E-state index in [-0.39, 0.29) is 0 Å². The van der Waals surface area contributed by atoms with Crippen LogP contribution in [0.3, 0.4) is 0 Å². The highest BCUT2D eigenvalue weighted by atomic mass is 15.1. The number of rotatable bonds is 9. The second kappa shape index (κ2) is 9.91. The fourth-order valence-corrected chi connectivity index (χ4v) is 4.32. The molecule has 2 N–H and O–H groups in total. The van der Waals surface area contributed by atoms with Crippen molar-refractivity contribution in [3.8, 4) is 0 Å². The van der Waals surface area contributed by atoms with Crippen LogP contribution in [0.15, 0.2) is 54.6 Å². The summed E-state index contributed by atoms with van der Waals surface area (Å²) in [6.45, 7) is 7.71. The topological polar surface area (TPSA) is 27.3 Å². The first-order valence-corrected chi connectivity index (χ1v) is 10.5. The second-order valence-corrected chi connectivity index (χ2v) is 8.02. The van der Waals surface area contributed by atoms with Crippen molar-refractivity contribution in [3.05, 3.63) is 65.7 Å². The molecule has 0 radical (unpaired) electrons. The third kappa shape index (κ3) is 5.82. The number of anilines is 1. The molecular formula is C24H35N3. The third-order valence-electron chi connectivity index (χ3n) is 6.00. The van der Waals surface area contributed by atoms with E-state index < -0.39 is 0 Å². The van der Waals surface area contributed by atoms with E-state index in [1.165, 1.54) is 55.6 Å². The minimum Gasteiger partial charge on any atom is -0.385 e. The maximum Gasteiger partial charge on any atom is 0.0340 e. The molecule has 0 aliphatic carbocycles. The summed E-state index contributed by atoms with van der Waals surface area (Å²) >= 11 is 0. The molecule has 0 bridgehead atoms. The number of hydrogen-bond donors (Lipinski definition) is 2. The van der Waals surface area contributed by atoms with Crippen LogP contribution in [-0.4, -0.2) is 38.1 Å². The summed E-state index contributed by atoms with van der Waals surface area (Å²) in [4.78, 5) is 2.62. The summed E-state index contributed by atoms with van der Waals surface area (Å²) in [5.41, 5.74) is 4.54. The normalized spacial score (nSPS) is 17.0. The summed E-state index contributed by atoms with van der Waals surface area (Å²) in [6.07, 6.45) is 5.05. The molecule has 0 amide bonds. The lowest BCUT2D eigenvalue weighted by Gasteiger charge is -2.42. The van der Waals surface area contributed by atoms with Crippen LogP contribution >= 0.6 is 0 Å². The third-order valence-corrected chi connectivity index (χ3v) is 6.00. The van der Waals surface area contributed by atoms with Crippen LogP contribution in [0.4, 0.5) is 5.69 Å². The molecule has 1 aliphatic heterocycles. The van der Waals surface area contributed by atoms with Gasteiger partial charge in [-0.05, 0) is 81.4 Å². The van der Waals surface area contributed by atoms with Gasteiger partial charge in [0, 0.05) is 25.3 Å². The zero-order valence-corrected chi connectivity index (χ0v) is 17.0. The Hall–Kier alpha value is -1.84. The van der Waals surface area contributed by atoms with Crippen molar-refractivity contribution in [2.75, 3.05) is 38.5 Å². The smallest absolute Gasteiger partial charge is 0.0340 e. The molecular weight excluding hydrogens is 330 g/mol. The van der Waals surface area contributed by atoms with Crippen LogP contribution < -0.4 is 10.6 Å². The van der Waals surface area contributed by atoms with Crippen molar-refractivity contribution in [2.24, 2.45) is 5.41 Å². The lowest BCUT2D eigenvalue weighted by molar-refractivity contribution is 0.0911. The van der Waals surface area contributed by atoms with E-state index in [0.29, 0.717) is 5.41 Å². The number of nitrogens with one attached hydrogen (secondary N) is 2. The fraction of sp³-hybridized carbons (Fsp3) is 0.500. The predicted octanol–water partition coefficient (Wildman–Crippen LogP) is 4.55. The van der Waals surface area contributed by atoms with Gasteiger partial charge in [0.2, 0.25) is 0 Å². The molecule has 3 heteroatoms. The van der Waals surface area contributed by atoms with Gasteiger partial charge in [-0.2, -0.15) is 0 Å². The van der Waals surface area contributed by atoms with Crippen molar-refractivity contribution in [1.82, 2.24) is 10.2 Å². The highest BCUT2D eigenvalue weighted by molar-refractivity contribution is 5.44. The van der Waals surface area contributed by atoms with Gasteiger partial charge in [-0.3, -0.25) is 4.90 Å². The highest BCUT2D eigenvalue weighted by Crippen LogP contribution is 2.36. The highest BCUT2D eigenvalue weighted by Gasteiger charge is 2.33. The van der Waals surface area contributed by atoms with E-state index in [4.69, 9.17) is 0 Å². The quantitative estimate of drug-likeness (QED) is 0.682. The number of aryl methyl sites for hydroxylation is 1. The second-order valence-electron chi connectivity index (χ2n) is 8.02. The number of likely N-dealkylation sites (tertiary alicyclic amines) is 1. The van der Waals surface area contributed by atoms with E-state index in [1.54, 1.807) is 0 Å². The average molecular weight is 366 g/mol. The summed E-state index contributed by atoms with van der Waals surface area (Å²) in [5, 5.41) is 6.84. The lowest BCUT2D eigenvalue weighted by atomic mass is 9.74. The van der Waals surface area contributed by atoms with Gasteiger partial charge < -0.3 is 10.6 Å². The van der Waals surface area contributed by atoms with Gasteiger partial charge in [0.15, 0.2) is 0 Å². The van der Waals surface area contributed by atoms with Crippen molar-refractivity contribution in [2.45, 2.75) is 39.2 Å². The number of nitrogens with zero attached hydrogens (tertiary/aromatic N) is 1. The Morgan fingerprint density at radius 2 is 1.63 bits per heavy atom. The minimum absolute atomic E-state index is 0.440. The Morgan fingerprint density at radius 3 is 2.26 bits per heavy atom. The minimum atomic E-state index is 0.440. The number of hydrogen-bond acceptors (Lipinski definition) is 3. The zero-order valence-electron chi connectivity index (χ0n) is 17.0. The van der Waals surface area contributed by atoms with Gasteiger partial charge in [-0.1, -0.05) is 42.5 Å². The van der Waals surface area contributed by atoms with Gasteiger partial charge in [0.05, 0.1) is 0 Å². The van der Waals surface area contributed by atoms with Gasteiger partial charge in [0.25, 0.3) is 0 Å². The Kier molecular flexibility index (Phi) is 7.31. The molecule has 0 unspecified atom stereocenters. The molecule has 1 saturated heterocycles. The summed E-state index contributed by atoms with van der Waals surface area (Å²) in [6, 6.07) is 19.9. The zero-order chi connectivity index (χ0) is 19.0. The van der Waals surface area contributed by atoms with E-state index in [9.17, 15) is 0 Å². The number of piperidine rings is 1. The van der Waals surface area contributed by atoms with Crippen LogP contribution in [0.25, 0.3) is 0 Å². The fourth-order valence-electron chi connectivity index (χ4n) is 4.32. The van der Waals surface area contributed by atoms with Gasteiger partial charge in [0.1, 0.15) is 0 Å². The summed E-state index contributed by atoms with van der Waals surface area (Å²) < 4.78 is 0. The van der Waals surface area contributed by atoms with Gasteiger partial charge in [-0.15, -0.1) is 0 Å². The van der Waals surface area contributed by atoms with Crippen LogP contribution in [0.1, 0.15) is 37.3 Å². The molecule has 3 nitrogen and oxygen atoms in total. The monoisotopic (exact) mass is 365 g/mol. The molecule has 2 aromatic carbocycles. The van der Waals surface area contributed by atoms with Crippen LogP contribution in [0, 0.1) is 5.41 Å². The Labute approximate surface area is 165 Å². The first kappa shape index (κ1) is 19.9. The molecule has 1 fully saturated rings. The molecule has 3 rings (SSSR count). The standard InChI is InChI=1S/C24H35N3/c1-3-26-23-11-9-22(10-12-23)19-27-17-15-24(16-18-27,20-25-2)14-13-21-7-5-4-6-8-21/h4-12,25-26H,3,13-20H2,1-2H3. The molecule has 0 atom stereocenters. The van der Waals surface area contributed by atoms with E-state index in [1.807, 2.05) is 0 Å².